The van der Waals surface area contributed by atoms with E-state index in [4.69, 9.17) is 55.3 Å². The number of hydrogen-bond acceptors (Lipinski definition) is 12. The molecule has 0 saturated carbocycles. The largest absolute Gasteiger partial charge is 0.480 e. The molecule has 0 unspecified atom stereocenters. The molecule has 4 N–H and O–H groups in total. The van der Waals surface area contributed by atoms with Crippen LogP contribution in [0.2, 0.25) is 10.0 Å². The predicted molar refractivity (Wildman–Crippen MR) is 251 cm³/mol. The molecule has 6 aromatic rings. The molecule has 0 bridgehead atoms. The number of carboxylic acids is 2. The minimum Gasteiger partial charge on any atom is -0.480 e. The fraction of sp³-hybridized carbons (Fsp3) is 0.200. The first-order valence-electron chi connectivity index (χ1n) is 20.5. The van der Waals surface area contributed by atoms with Gasteiger partial charge >= 0.3 is 11.9 Å². The van der Waals surface area contributed by atoms with Crippen molar-refractivity contribution in [3.63, 3.8) is 0 Å². The molecule has 0 aliphatic heterocycles. The third kappa shape index (κ3) is 13.0. The van der Waals surface area contributed by atoms with Crippen LogP contribution in [0.5, 0.6) is 23.5 Å². The van der Waals surface area contributed by atoms with Crippen LogP contribution in [-0.2, 0) is 49.1 Å². The number of halogens is 2. The highest BCUT2D eigenvalue weighted by atomic mass is 35.5. The molecule has 0 fully saturated rings. The highest BCUT2D eigenvalue weighted by molar-refractivity contribution is 6.32. The minimum atomic E-state index is -1.05. The van der Waals surface area contributed by atoms with Gasteiger partial charge in [-0.2, -0.15) is 20.5 Å². The summed E-state index contributed by atoms with van der Waals surface area (Å²) >= 11 is 13.3. The molecule has 18 heteroatoms. The Balaban J connectivity index is 1.20. The number of nitriles is 2. The summed E-state index contributed by atoms with van der Waals surface area (Å²) in [6.45, 7) is 18.3. The molecule has 6 rings (SSSR count). The summed E-state index contributed by atoms with van der Waals surface area (Å²) in [7, 11) is 0. The maximum absolute atomic E-state index is 11.2. The minimum absolute atomic E-state index is 0.0470. The molecule has 4 aromatic carbocycles. The first-order valence-corrected chi connectivity index (χ1v) is 21.3. The van der Waals surface area contributed by atoms with Crippen molar-refractivity contribution in [2.24, 2.45) is 0 Å². The molecule has 0 aliphatic carbocycles. The SMILES string of the molecule is [C-]#[N+]c1cc(C#N)cc(COc2nc(OCc3cccc(-c4cccc(COc5nc(OCc6cc(C#N)cc([N+]#[C-])c6)c(CNCC(=O)O)cc5Cl)c4C)c3C)c(Cl)cc2CNCC(=O)O)c1. The van der Waals surface area contributed by atoms with Gasteiger partial charge in [-0.3, -0.25) is 9.59 Å². The average Bonchev–Trinajstić information content (AvgIpc) is 3.33. The van der Waals surface area contributed by atoms with E-state index >= 15 is 0 Å². The van der Waals surface area contributed by atoms with Crippen molar-refractivity contribution in [3.8, 4) is 46.8 Å². The lowest BCUT2D eigenvalue weighted by atomic mass is 9.92. The van der Waals surface area contributed by atoms with Crippen LogP contribution in [0.25, 0.3) is 20.8 Å². The highest BCUT2D eigenvalue weighted by Gasteiger charge is 2.19. The summed E-state index contributed by atoms with van der Waals surface area (Å²) in [5, 5.41) is 43.2. The van der Waals surface area contributed by atoms with Gasteiger partial charge in [0.05, 0.1) is 38.4 Å². The van der Waals surface area contributed by atoms with Crippen molar-refractivity contribution in [2.75, 3.05) is 13.1 Å². The summed E-state index contributed by atoms with van der Waals surface area (Å²) in [4.78, 5) is 38.4. The maximum Gasteiger partial charge on any atom is 0.317 e. The van der Waals surface area contributed by atoms with E-state index in [9.17, 15) is 30.3 Å². The Kier molecular flexibility index (Phi) is 16.9. The first-order chi connectivity index (χ1) is 32.8. The van der Waals surface area contributed by atoms with E-state index in [-0.39, 0.29) is 97.5 Å². The molecule has 0 spiro atoms. The number of rotatable bonds is 21. The van der Waals surface area contributed by atoms with E-state index in [0.717, 1.165) is 33.4 Å². The molecule has 0 atom stereocenters. The van der Waals surface area contributed by atoms with Gasteiger partial charge in [-0.25, -0.2) is 9.69 Å². The third-order valence-electron chi connectivity index (χ3n) is 10.3. The van der Waals surface area contributed by atoms with Crippen molar-refractivity contribution in [3.05, 3.63) is 173 Å². The molecule has 0 saturated heterocycles. The van der Waals surface area contributed by atoms with Gasteiger partial charge in [-0.15, -0.1) is 0 Å². The summed E-state index contributed by atoms with van der Waals surface area (Å²) in [6.07, 6.45) is 0. The normalized spacial score (nSPS) is 10.5. The molecule has 342 valence electrons. The Labute approximate surface area is 401 Å². The van der Waals surface area contributed by atoms with Crippen molar-refractivity contribution < 1.29 is 38.7 Å². The number of nitrogens with one attached hydrogen (secondary N) is 2. The predicted octanol–water partition coefficient (Wildman–Crippen LogP) is 9.58. The van der Waals surface area contributed by atoms with Gasteiger partial charge in [0, 0.05) is 35.3 Å². The molecule has 0 radical (unpaired) electrons. The molecular weight excluding hydrogens is 912 g/mol. The second-order valence-corrected chi connectivity index (χ2v) is 15.8. The smallest absolute Gasteiger partial charge is 0.317 e. The molecule has 16 nitrogen and oxygen atoms in total. The summed E-state index contributed by atoms with van der Waals surface area (Å²) < 4.78 is 24.5. The van der Waals surface area contributed by atoms with E-state index in [1.54, 1.807) is 36.4 Å². The standard InChI is InChI=1S/C50H40Cl2N8O8/c1-29-35(27-67-49-43(51)17-37(21-57-23-45(61)62)47(59-49)65-25-33-11-31(19-53)13-39(15-33)55-3)7-5-9-41(29)42-10-6-8-36(30(42)2)28-68-50-44(52)18-38(22-58-24-46(63)64)48(60-50)66-26-34-12-32(20-54)14-40(16-34)56-4/h5-18,57-58H,21-28H2,1-2H3,(H,61,62)(H,63,64). The number of aliphatic carboxylic acids is 2. The van der Waals surface area contributed by atoms with Crippen LogP contribution in [0.3, 0.4) is 0 Å². The Morgan fingerprint density at radius 1 is 0.603 bits per heavy atom. The number of hydrogen-bond donors (Lipinski definition) is 4. The van der Waals surface area contributed by atoms with Gasteiger partial charge in [0.15, 0.2) is 11.4 Å². The number of nitrogens with zero attached hydrogens (tertiary/aromatic N) is 6. The fourth-order valence-electron chi connectivity index (χ4n) is 6.93. The number of carbonyl (C=O) groups is 2. The molecule has 0 amide bonds. The maximum atomic E-state index is 11.2. The van der Waals surface area contributed by atoms with Gasteiger partial charge in [-0.1, -0.05) is 59.6 Å². The Bertz CT molecular complexity index is 2800. The first kappa shape index (κ1) is 49.2. The van der Waals surface area contributed by atoms with Gasteiger partial charge < -0.3 is 39.8 Å². The molecule has 2 aromatic heterocycles. The van der Waals surface area contributed by atoms with Crippen molar-refractivity contribution in [1.29, 1.82) is 10.5 Å². The van der Waals surface area contributed by atoms with Crippen molar-refractivity contribution in [1.82, 2.24) is 20.6 Å². The van der Waals surface area contributed by atoms with Gasteiger partial charge in [-0.05, 0) is 107 Å². The van der Waals surface area contributed by atoms with Gasteiger partial charge in [0.1, 0.15) is 36.5 Å². The van der Waals surface area contributed by atoms with E-state index in [1.807, 2.05) is 62.4 Å². The van der Waals surface area contributed by atoms with Crippen LogP contribution in [-0.4, -0.2) is 45.2 Å². The lowest BCUT2D eigenvalue weighted by Crippen LogP contribution is -2.22. The molecule has 68 heavy (non-hydrogen) atoms. The lowest BCUT2D eigenvalue weighted by molar-refractivity contribution is -0.137. The zero-order valence-corrected chi connectivity index (χ0v) is 38.0. The third-order valence-corrected chi connectivity index (χ3v) is 10.8. The van der Waals surface area contributed by atoms with Crippen molar-refractivity contribution in [2.45, 2.75) is 53.4 Å². The van der Waals surface area contributed by atoms with E-state index in [2.05, 4.69) is 30.3 Å². The molecule has 0 aliphatic rings. The summed E-state index contributed by atoms with van der Waals surface area (Å²) in [5.41, 5.74) is 8.57. The molecular formula is C50H40Cl2N8O8. The number of benzene rings is 4. The quantitative estimate of drug-likeness (QED) is 0.0494. The van der Waals surface area contributed by atoms with Gasteiger partial charge in [0.2, 0.25) is 23.5 Å². The highest BCUT2D eigenvalue weighted by Crippen LogP contribution is 2.35. The van der Waals surface area contributed by atoms with Gasteiger partial charge in [0.25, 0.3) is 0 Å². The zero-order valence-electron chi connectivity index (χ0n) is 36.5. The van der Waals surface area contributed by atoms with Crippen molar-refractivity contribution >= 4 is 46.5 Å². The summed E-state index contributed by atoms with van der Waals surface area (Å²) in [6, 6.07) is 28.3. The topological polar surface area (TPSA) is 218 Å². The van der Waals surface area contributed by atoms with E-state index in [1.165, 1.54) is 12.1 Å². The second-order valence-electron chi connectivity index (χ2n) is 15.0. The Hall–Kier alpha value is -8.22. The van der Waals surface area contributed by atoms with E-state index in [0.29, 0.717) is 33.4 Å². The number of aromatic nitrogens is 2. The monoisotopic (exact) mass is 950 g/mol. The lowest BCUT2D eigenvalue weighted by Gasteiger charge is -2.18. The van der Waals surface area contributed by atoms with Crippen LogP contribution < -0.4 is 29.6 Å². The van der Waals surface area contributed by atoms with Crippen LogP contribution in [0.15, 0.2) is 84.9 Å². The summed E-state index contributed by atoms with van der Waals surface area (Å²) in [5.74, 6) is -1.71. The zero-order chi connectivity index (χ0) is 48.7. The van der Waals surface area contributed by atoms with Crippen LogP contribution >= 0.6 is 23.2 Å². The number of pyridine rings is 2. The van der Waals surface area contributed by atoms with E-state index < -0.39 is 11.9 Å². The number of carboxylic acid groups (broad SMARTS) is 2. The fourth-order valence-corrected chi connectivity index (χ4v) is 7.39. The van der Waals surface area contributed by atoms with Crippen LogP contribution in [0.4, 0.5) is 11.4 Å². The Morgan fingerprint density at radius 2 is 1.00 bits per heavy atom. The van der Waals surface area contributed by atoms with Crippen LogP contribution in [0, 0.1) is 49.7 Å². The molecule has 2 heterocycles. The Morgan fingerprint density at radius 3 is 1.37 bits per heavy atom. The average molecular weight is 952 g/mol. The second kappa shape index (κ2) is 23.3. The van der Waals surface area contributed by atoms with Crippen LogP contribution in [0.1, 0.15) is 55.6 Å². The number of ether oxygens (including phenoxy) is 4.